The zero-order chi connectivity index (χ0) is 18.7. The Morgan fingerprint density at radius 2 is 2.00 bits per heavy atom. The van der Waals surface area contributed by atoms with Crippen LogP contribution in [0, 0.1) is 17.0 Å². The monoisotopic (exact) mass is 357 g/mol. The number of benzene rings is 2. The molecular formula is C18H19N3O5. The zero-order valence-corrected chi connectivity index (χ0v) is 14.5. The predicted molar refractivity (Wildman–Crippen MR) is 95.4 cm³/mol. The second-order valence-electron chi connectivity index (χ2n) is 6.16. The molecular weight excluding hydrogens is 338 g/mol. The molecule has 1 aliphatic heterocycles. The topological polar surface area (TPSA) is 93.9 Å². The molecule has 0 radical (unpaired) electrons. The van der Waals surface area contributed by atoms with E-state index >= 15 is 0 Å². The third-order valence-corrected chi connectivity index (χ3v) is 4.01. The number of nitrogens with zero attached hydrogens (tertiary/aromatic N) is 2. The van der Waals surface area contributed by atoms with E-state index in [0.717, 1.165) is 16.9 Å². The van der Waals surface area contributed by atoms with Crippen LogP contribution in [-0.4, -0.2) is 36.1 Å². The van der Waals surface area contributed by atoms with Crippen LogP contribution in [0.5, 0.6) is 11.5 Å². The highest BCUT2D eigenvalue weighted by Gasteiger charge is 2.15. The van der Waals surface area contributed by atoms with Crippen molar-refractivity contribution in [3.8, 4) is 11.5 Å². The molecule has 0 unspecified atom stereocenters. The summed E-state index contributed by atoms with van der Waals surface area (Å²) in [5.74, 6) is 1.18. The van der Waals surface area contributed by atoms with Crippen LogP contribution < -0.4 is 14.8 Å². The molecule has 0 saturated carbocycles. The summed E-state index contributed by atoms with van der Waals surface area (Å²) in [6.45, 7) is 2.71. The van der Waals surface area contributed by atoms with Gasteiger partial charge in [0.2, 0.25) is 12.7 Å². The fourth-order valence-corrected chi connectivity index (χ4v) is 2.70. The Balaban J connectivity index is 1.59. The van der Waals surface area contributed by atoms with E-state index in [0.29, 0.717) is 18.0 Å². The van der Waals surface area contributed by atoms with Crippen molar-refractivity contribution < 1.29 is 19.2 Å². The first-order valence-electron chi connectivity index (χ1n) is 8.04. The van der Waals surface area contributed by atoms with Crippen LogP contribution in [0.25, 0.3) is 0 Å². The lowest BCUT2D eigenvalue weighted by atomic mass is 10.1. The van der Waals surface area contributed by atoms with Gasteiger partial charge < -0.3 is 14.8 Å². The van der Waals surface area contributed by atoms with Crippen molar-refractivity contribution in [2.24, 2.45) is 0 Å². The Morgan fingerprint density at radius 1 is 1.23 bits per heavy atom. The van der Waals surface area contributed by atoms with Gasteiger partial charge in [-0.2, -0.15) is 0 Å². The standard InChI is InChI=1S/C18H19N3O5/c1-12-3-5-14(21(23)24)8-15(12)19-18(22)10-20(2)9-13-4-6-16-17(7-13)26-11-25-16/h3-8H,9-11H2,1-2H3,(H,19,22). The molecule has 8 heteroatoms. The lowest BCUT2D eigenvalue weighted by molar-refractivity contribution is -0.384. The van der Waals surface area contributed by atoms with E-state index in [1.165, 1.54) is 12.1 Å². The number of nitrogens with one attached hydrogen (secondary N) is 1. The highest BCUT2D eigenvalue weighted by Crippen LogP contribution is 2.32. The Hall–Kier alpha value is -3.13. The van der Waals surface area contributed by atoms with Gasteiger partial charge in [0.25, 0.3) is 5.69 Å². The van der Waals surface area contributed by atoms with Gasteiger partial charge in [0.05, 0.1) is 17.2 Å². The first-order valence-corrected chi connectivity index (χ1v) is 8.04. The van der Waals surface area contributed by atoms with Crippen molar-refractivity contribution >= 4 is 17.3 Å². The highest BCUT2D eigenvalue weighted by molar-refractivity contribution is 5.93. The molecule has 26 heavy (non-hydrogen) atoms. The summed E-state index contributed by atoms with van der Waals surface area (Å²) in [5, 5.41) is 13.6. The summed E-state index contributed by atoms with van der Waals surface area (Å²) in [7, 11) is 1.82. The van der Waals surface area contributed by atoms with Crippen LogP contribution in [0.2, 0.25) is 0 Å². The molecule has 136 valence electrons. The molecule has 2 aromatic rings. The number of nitro groups is 1. The van der Waals surface area contributed by atoms with Gasteiger partial charge in [-0.1, -0.05) is 12.1 Å². The minimum Gasteiger partial charge on any atom is -0.454 e. The van der Waals surface area contributed by atoms with E-state index in [1.807, 2.05) is 30.1 Å². The molecule has 0 bridgehead atoms. The maximum atomic E-state index is 12.3. The van der Waals surface area contributed by atoms with Crippen molar-refractivity contribution in [2.75, 3.05) is 25.7 Å². The lowest BCUT2D eigenvalue weighted by Gasteiger charge is -2.17. The van der Waals surface area contributed by atoms with E-state index in [-0.39, 0.29) is 24.9 Å². The summed E-state index contributed by atoms with van der Waals surface area (Å²) < 4.78 is 10.6. The number of amides is 1. The van der Waals surface area contributed by atoms with E-state index < -0.39 is 4.92 Å². The maximum Gasteiger partial charge on any atom is 0.271 e. The van der Waals surface area contributed by atoms with E-state index in [9.17, 15) is 14.9 Å². The van der Waals surface area contributed by atoms with Gasteiger partial charge in [-0.3, -0.25) is 19.8 Å². The van der Waals surface area contributed by atoms with Gasteiger partial charge in [-0.05, 0) is 37.2 Å². The van der Waals surface area contributed by atoms with Gasteiger partial charge >= 0.3 is 0 Å². The van der Waals surface area contributed by atoms with E-state index in [2.05, 4.69) is 5.32 Å². The van der Waals surface area contributed by atoms with Gasteiger partial charge in [0.15, 0.2) is 11.5 Å². The van der Waals surface area contributed by atoms with Crippen molar-refractivity contribution in [1.82, 2.24) is 4.90 Å². The first-order chi connectivity index (χ1) is 12.4. The smallest absolute Gasteiger partial charge is 0.271 e. The molecule has 0 aromatic heterocycles. The van der Waals surface area contributed by atoms with Crippen molar-refractivity contribution in [1.29, 1.82) is 0 Å². The fourth-order valence-electron chi connectivity index (χ4n) is 2.70. The SMILES string of the molecule is Cc1ccc([N+](=O)[O-])cc1NC(=O)CN(C)Cc1ccc2c(c1)OCO2. The van der Waals surface area contributed by atoms with Crippen LogP contribution in [0.4, 0.5) is 11.4 Å². The average molecular weight is 357 g/mol. The molecule has 0 saturated heterocycles. The molecule has 1 heterocycles. The number of non-ortho nitro benzene ring substituents is 1. The van der Waals surface area contributed by atoms with Crippen molar-refractivity contribution in [2.45, 2.75) is 13.5 Å². The summed E-state index contributed by atoms with van der Waals surface area (Å²) in [4.78, 5) is 24.5. The summed E-state index contributed by atoms with van der Waals surface area (Å²) in [5.41, 5.74) is 2.15. The molecule has 3 rings (SSSR count). The molecule has 0 aliphatic carbocycles. The number of hydrogen-bond donors (Lipinski definition) is 1. The average Bonchev–Trinajstić information content (AvgIpc) is 3.04. The van der Waals surface area contributed by atoms with E-state index in [1.54, 1.807) is 13.0 Å². The maximum absolute atomic E-state index is 12.3. The number of rotatable bonds is 6. The van der Waals surface area contributed by atoms with Gasteiger partial charge in [0.1, 0.15) is 0 Å². The second-order valence-corrected chi connectivity index (χ2v) is 6.16. The molecule has 1 N–H and O–H groups in total. The number of carbonyl (C=O) groups is 1. The number of fused-ring (bicyclic) bond motifs is 1. The number of ether oxygens (including phenoxy) is 2. The van der Waals surface area contributed by atoms with Crippen LogP contribution in [-0.2, 0) is 11.3 Å². The van der Waals surface area contributed by atoms with Crippen molar-refractivity contribution in [3.63, 3.8) is 0 Å². The fraction of sp³-hybridized carbons (Fsp3) is 0.278. The number of likely N-dealkylation sites (N-methyl/N-ethyl adjacent to an activating group) is 1. The largest absolute Gasteiger partial charge is 0.454 e. The molecule has 1 amide bonds. The normalized spacial score (nSPS) is 12.3. The Labute approximate surface area is 150 Å². The predicted octanol–water partition coefficient (Wildman–Crippen LogP) is 2.70. The van der Waals surface area contributed by atoms with E-state index in [4.69, 9.17) is 9.47 Å². The quantitative estimate of drug-likeness (QED) is 0.631. The molecule has 2 aromatic carbocycles. The third-order valence-electron chi connectivity index (χ3n) is 4.01. The molecule has 0 atom stereocenters. The summed E-state index contributed by atoms with van der Waals surface area (Å²) >= 11 is 0. The Kier molecular flexibility index (Phi) is 5.04. The summed E-state index contributed by atoms with van der Waals surface area (Å²) in [6, 6.07) is 10.1. The Morgan fingerprint density at radius 3 is 2.77 bits per heavy atom. The molecule has 1 aliphatic rings. The minimum atomic E-state index is -0.485. The van der Waals surface area contributed by atoms with Gasteiger partial charge in [0, 0.05) is 18.7 Å². The summed E-state index contributed by atoms with van der Waals surface area (Å²) in [6.07, 6.45) is 0. The molecule has 0 spiro atoms. The van der Waals surface area contributed by atoms with Crippen LogP contribution in [0.1, 0.15) is 11.1 Å². The number of anilines is 1. The minimum absolute atomic E-state index is 0.0559. The number of hydrogen-bond acceptors (Lipinski definition) is 6. The van der Waals surface area contributed by atoms with Crippen LogP contribution >= 0.6 is 0 Å². The van der Waals surface area contributed by atoms with Gasteiger partial charge in [-0.25, -0.2) is 0 Å². The molecule has 8 nitrogen and oxygen atoms in total. The number of aryl methyl sites for hydroxylation is 1. The van der Waals surface area contributed by atoms with Crippen LogP contribution in [0.15, 0.2) is 36.4 Å². The first kappa shape index (κ1) is 17.7. The third kappa shape index (κ3) is 4.09. The highest BCUT2D eigenvalue weighted by atomic mass is 16.7. The van der Waals surface area contributed by atoms with Crippen LogP contribution in [0.3, 0.4) is 0 Å². The molecule has 0 fully saturated rings. The lowest BCUT2D eigenvalue weighted by Crippen LogP contribution is -2.30. The second kappa shape index (κ2) is 7.40. The number of nitro benzene ring substituents is 1. The van der Waals surface area contributed by atoms with Crippen molar-refractivity contribution in [3.05, 3.63) is 57.6 Å². The Bertz CT molecular complexity index is 853. The zero-order valence-electron chi connectivity index (χ0n) is 14.5. The van der Waals surface area contributed by atoms with Gasteiger partial charge in [-0.15, -0.1) is 0 Å². The number of carbonyl (C=O) groups excluding carboxylic acids is 1.